The van der Waals surface area contributed by atoms with Gasteiger partial charge in [0.05, 0.1) is 16.1 Å². The first-order valence-electron chi connectivity index (χ1n) is 15.8. The fourth-order valence-corrected chi connectivity index (χ4v) is 7.56. The number of rotatable bonds is 8. The van der Waals surface area contributed by atoms with Crippen LogP contribution in [0.5, 0.6) is 0 Å². The lowest BCUT2D eigenvalue weighted by Gasteiger charge is -2.19. The number of amides is 3. The van der Waals surface area contributed by atoms with Gasteiger partial charge in [0.25, 0.3) is 17.4 Å². The molecule has 8 nitrogen and oxygen atoms in total. The molecule has 1 aliphatic heterocycles. The van der Waals surface area contributed by atoms with Gasteiger partial charge >= 0.3 is 0 Å². The molecule has 236 valence electrons. The summed E-state index contributed by atoms with van der Waals surface area (Å²) < 4.78 is 1.57. The van der Waals surface area contributed by atoms with Crippen molar-refractivity contribution in [1.82, 2.24) is 9.47 Å². The summed E-state index contributed by atoms with van der Waals surface area (Å²) in [5.74, 6) is -0.638. The molecule has 9 heteroatoms. The third-order valence-corrected chi connectivity index (χ3v) is 10.2. The number of carbonyl (C=O) groups excluding carboxylic acids is 3. The second-order valence-corrected chi connectivity index (χ2v) is 13.3. The first-order chi connectivity index (χ1) is 22.2. The Bertz CT molecular complexity index is 1890. The normalized spacial score (nSPS) is 14.1. The van der Waals surface area contributed by atoms with Crippen LogP contribution >= 0.6 is 11.3 Å². The lowest BCUT2D eigenvalue weighted by Crippen LogP contribution is -2.28. The summed E-state index contributed by atoms with van der Waals surface area (Å²) in [7, 11) is 1.72. The zero-order chi connectivity index (χ0) is 32.4. The summed E-state index contributed by atoms with van der Waals surface area (Å²) in [6.45, 7) is 6.90. The van der Waals surface area contributed by atoms with Crippen molar-refractivity contribution in [3.8, 4) is 11.1 Å². The highest BCUT2D eigenvalue weighted by Gasteiger charge is 2.23. The summed E-state index contributed by atoms with van der Waals surface area (Å²) in [4.78, 5) is 55.9. The van der Waals surface area contributed by atoms with Crippen LogP contribution in [0.1, 0.15) is 72.8 Å². The van der Waals surface area contributed by atoms with E-state index >= 15 is 0 Å². The topological polar surface area (TPSA) is 101 Å². The summed E-state index contributed by atoms with van der Waals surface area (Å²) in [6.07, 6.45) is 9.62. The monoisotopic (exact) mass is 634 g/mol. The smallest absolute Gasteiger partial charge is 0.265 e. The van der Waals surface area contributed by atoms with E-state index < -0.39 is 5.91 Å². The number of nitrogens with one attached hydrogen (secondary N) is 2. The highest BCUT2D eigenvalue weighted by molar-refractivity contribution is 7.14. The van der Waals surface area contributed by atoms with Crippen LogP contribution in [-0.2, 0) is 31.1 Å². The van der Waals surface area contributed by atoms with Crippen LogP contribution in [-0.4, -0.2) is 40.3 Å². The number of thiophene rings is 1. The predicted molar refractivity (Wildman–Crippen MR) is 184 cm³/mol. The lowest BCUT2D eigenvalue weighted by molar-refractivity contribution is -0.111. The summed E-state index contributed by atoms with van der Waals surface area (Å²) >= 11 is 1.59. The van der Waals surface area contributed by atoms with Crippen LogP contribution in [0.3, 0.4) is 0 Å². The molecule has 1 aliphatic carbocycles. The third kappa shape index (κ3) is 6.46. The Labute approximate surface area is 272 Å². The zero-order valence-electron chi connectivity index (χ0n) is 26.3. The van der Waals surface area contributed by atoms with E-state index in [4.69, 9.17) is 0 Å². The van der Waals surface area contributed by atoms with Gasteiger partial charge in [0.15, 0.2) is 0 Å². The Balaban J connectivity index is 1.28. The van der Waals surface area contributed by atoms with Gasteiger partial charge in [0.2, 0.25) is 5.91 Å². The maximum atomic E-state index is 13.3. The number of carbonyl (C=O) groups is 3. The van der Waals surface area contributed by atoms with Crippen molar-refractivity contribution >= 4 is 40.4 Å². The van der Waals surface area contributed by atoms with Gasteiger partial charge in [0, 0.05) is 48.9 Å². The van der Waals surface area contributed by atoms with Crippen molar-refractivity contribution in [1.29, 1.82) is 0 Å². The van der Waals surface area contributed by atoms with E-state index in [1.165, 1.54) is 29.4 Å². The number of likely N-dealkylation sites (tertiary alicyclic amines) is 1. The number of hydrogen-bond acceptors (Lipinski definition) is 5. The van der Waals surface area contributed by atoms with Crippen LogP contribution in [0.4, 0.5) is 11.4 Å². The lowest BCUT2D eigenvalue weighted by atomic mass is 9.96. The van der Waals surface area contributed by atoms with Gasteiger partial charge in [-0.25, -0.2) is 0 Å². The van der Waals surface area contributed by atoms with Gasteiger partial charge in [-0.15, -0.1) is 11.3 Å². The third-order valence-electron chi connectivity index (χ3n) is 8.92. The fourth-order valence-electron chi connectivity index (χ4n) is 6.41. The van der Waals surface area contributed by atoms with E-state index in [1.54, 1.807) is 46.2 Å². The molecular weight excluding hydrogens is 596 g/mol. The molecule has 0 bridgehead atoms. The van der Waals surface area contributed by atoms with Crippen LogP contribution in [0.25, 0.3) is 11.1 Å². The van der Waals surface area contributed by atoms with Crippen molar-refractivity contribution in [2.45, 2.75) is 51.9 Å². The standard InChI is InChI=1S/C37H38N4O4S/c1-4-34(42)38-31-19-24(14-15-29(31)37(45)41-16-7-8-17-41)18-26-20-27(22-40(3)36(26)44)28-11-9-12-30(23(28)2)39-35(43)33-21-25-10-5-6-13-32(25)46-33/h4,9,11-12,14-15,19-22H,1,5-8,10,13,16-18H2,2-3H3,(H,38,42)(H,39,43). The van der Waals surface area contributed by atoms with E-state index in [9.17, 15) is 19.2 Å². The molecule has 0 atom stereocenters. The van der Waals surface area contributed by atoms with Gasteiger partial charge in [-0.2, -0.15) is 0 Å². The molecular formula is C37H38N4O4S. The van der Waals surface area contributed by atoms with Gasteiger partial charge in [-0.1, -0.05) is 24.8 Å². The number of benzene rings is 2. The van der Waals surface area contributed by atoms with Crippen LogP contribution < -0.4 is 16.2 Å². The molecule has 1 saturated heterocycles. The minimum atomic E-state index is -0.411. The molecule has 2 aromatic carbocycles. The number of aryl methyl sites for hydroxylation is 3. The van der Waals surface area contributed by atoms with Crippen molar-refractivity contribution in [2.24, 2.45) is 7.05 Å². The van der Waals surface area contributed by atoms with E-state index in [2.05, 4.69) is 17.2 Å². The predicted octanol–water partition coefficient (Wildman–Crippen LogP) is 6.50. The summed E-state index contributed by atoms with van der Waals surface area (Å²) in [5.41, 5.74) is 6.71. The number of pyridine rings is 1. The molecule has 0 spiro atoms. The Morgan fingerprint density at radius 2 is 1.74 bits per heavy atom. The Morgan fingerprint density at radius 1 is 0.957 bits per heavy atom. The van der Waals surface area contributed by atoms with E-state index in [-0.39, 0.29) is 17.4 Å². The maximum absolute atomic E-state index is 13.3. The molecule has 1 fully saturated rings. The van der Waals surface area contributed by atoms with Crippen molar-refractivity contribution in [2.75, 3.05) is 23.7 Å². The van der Waals surface area contributed by atoms with Gasteiger partial charge in [0.1, 0.15) is 0 Å². The number of nitrogens with zero attached hydrogens (tertiary/aromatic N) is 2. The first-order valence-corrected chi connectivity index (χ1v) is 16.6. The molecule has 6 rings (SSSR count). The molecule has 2 N–H and O–H groups in total. The molecule has 0 unspecified atom stereocenters. The highest BCUT2D eigenvalue weighted by Crippen LogP contribution is 2.33. The summed E-state index contributed by atoms with van der Waals surface area (Å²) in [6, 6.07) is 15.0. The van der Waals surface area contributed by atoms with Crippen molar-refractivity contribution in [3.05, 3.63) is 115 Å². The first kappa shape index (κ1) is 31.2. The SMILES string of the molecule is C=CC(=O)Nc1cc(Cc2cc(-c3cccc(NC(=O)c4cc5c(s4)CCCC5)c3C)cn(C)c2=O)ccc1C(=O)N1CCCC1. The molecule has 0 radical (unpaired) electrons. The molecule has 3 heterocycles. The van der Waals surface area contributed by atoms with Gasteiger partial charge < -0.3 is 20.1 Å². The van der Waals surface area contributed by atoms with Gasteiger partial charge in [-0.3, -0.25) is 19.2 Å². The van der Waals surface area contributed by atoms with Crippen LogP contribution in [0.15, 0.2) is 72.2 Å². The number of aromatic nitrogens is 1. The zero-order valence-corrected chi connectivity index (χ0v) is 27.1. The Kier molecular flexibility index (Phi) is 9.03. The van der Waals surface area contributed by atoms with E-state index in [0.717, 1.165) is 58.5 Å². The van der Waals surface area contributed by atoms with E-state index in [1.807, 2.05) is 43.3 Å². The van der Waals surface area contributed by atoms with Gasteiger partial charge in [-0.05, 0) is 110 Å². The summed E-state index contributed by atoms with van der Waals surface area (Å²) in [5, 5.41) is 5.91. The second kappa shape index (κ2) is 13.3. The molecule has 46 heavy (non-hydrogen) atoms. The maximum Gasteiger partial charge on any atom is 0.265 e. The van der Waals surface area contributed by atoms with Crippen molar-refractivity contribution < 1.29 is 14.4 Å². The molecule has 4 aromatic rings. The van der Waals surface area contributed by atoms with Crippen LogP contribution in [0, 0.1) is 6.92 Å². The number of fused-ring (bicyclic) bond motifs is 1. The minimum Gasteiger partial charge on any atom is -0.339 e. The molecule has 3 amide bonds. The Morgan fingerprint density at radius 3 is 2.50 bits per heavy atom. The number of anilines is 2. The number of hydrogen-bond donors (Lipinski definition) is 2. The van der Waals surface area contributed by atoms with Crippen molar-refractivity contribution in [3.63, 3.8) is 0 Å². The average molecular weight is 635 g/mol. The molecule has 2 aliphatic rings. The van der Waals surface area contributed by atoms with Crippen LogP contribution in [0.2, 0.25) is 0 Å². The minimum absolute atomic E-state index is 0.105. The average Bonchev–Trinajstić information content (AvgIpc) is 3.75. The highest BCUT2D eigenvalue weighted by atomic mass is 32.1. The largest absolute Gasteiger partial charge is 0.339 e. The Hall–Kier alpha value is -4.76. The van der Waals surface area contributed by atoms with E-state index in [0.29, 0.717) is 36.3 Å². The molecule has 2 aromatic heterocycles. The quantitative estimate of drug-likeness (QED) is 0.216. The molecule has 0 saturated carbocycles. The second-order valence-electron chi connectivity index (χ2n) is 12.1. The fraction of sp³-hybridized carbons (Fsp3) is 0.297.